The highest BCUT2D eigenvalue weighted by atomic mass is 32.2. The molecule has 0 bridgehead atoms. The molecule has 156 valence electrons. The summed E-state index contributed by atoms with van der Waals surface area (Å²) in [7, 11) is -2.23. The van der Waals surface area contributed by atoms with E-state index in [1.54, 1.807) is 54.6 Å². The molecular formula is C24H26N2O3S. The van der Waals surface area contributed by atoms with Crippen LogP contribution in [0, 0.1) is 6.92 Å². The number of para-hydroxylation sites is 1. The summed E-state index contributed by atoms with van der Waals surface area (Å²) in [6.07, 6.45) is 0. The molecule has 3 aromatic carbocycles. The van der Waals surface area contributed by atoms with Crippen LogP contribution in [-0.2, 0) is 10.0 Å². The van der Waals surface area contributed by atoms with E-state index in [2.05, 4.69) is 19.2 Å². The third-order valence-electron chi connectivity index (χ3n) is 5.04. The highest BCUT2D eigenvalue weighted by Crippen LogP contribution is 2.28. The van der Waals surface area contributed by atoms with Crippen LogP contribution in [0.4, 0.5) is 11.4 Å². The Kier molecular flexibility index (Phi) is 6.27. The van der Waals surface area contributed by atoms with E-state index in [4.69, 9.17) is 0 Å². The molecule has 0 aliphatic carbocycles. The van der Waals surface area contributed by atoms with Crippen molar-refractivity contribution in [1.29, 1.82) is 0 Å². The first-order valence-corrected chi connectivity index (χ1v) is 11.2. The molecule has 0 unspecified atom stereocenters. The third kappa shape index (κ3) is 4.39. The molecule has 0 aliphatic heterocycles. The smallest absolute Gasteiger partial charge is 0.264 e. The number of hydrogen-bond donors (Lipinski definition) is 1. The SMILES string of the molecule is Cc1cccc(C(C)C)c1NC(=O)c1cccc(N(C)S(=O)(=O)c2ccccc2)c1. The Morgan fingerprint density at radius 1 is 0.933 bits per heavy atom. The molecule has 0 heterocycles. The number of aryl methyl sites for hydroxylation is 1. The second kappa shape index (κ2) is 8.71. The van der Waals surface area contributed by atoms with Crippen LogP contribution in [-0.4, -0.2) is 21.4 Å². The number of sulfonamides is 1. The van der Waals surface area contributed by atoms with Crippen molar-refractivity contribution in [2.45, 2.75) is 31.6 Å². The average molecular weight is 423 g/mol. The van der Waals surface area contributed by atoms with Crippen molar-refractivity contribution in [3.8, 4) is 0 Å². The number of rotatable bonds is 6. The lowest BCUT2D eigenvalue weighted by Crippen LogP contribution is -2.26. The molecule has 0 saturated carbocycles. The van der Waals surface area contributed by atoms with Gasteiger partial charge in [0.15, 0.2) is 0 Å². The average Bonchev–Trinajstić information content (AvgIpc) is 2.75. The molecular weight excluding hydrogens is 396 g/mol. The lowest BCUT2D eigenvalue weighted by molar-refractivity contribution is 0.102. The minimum atomic E-state index is -3.72. The Hall–Kier alpha value is -3.12. The Labute approximate surface area is 178 Å². The Morgan fingerprint density at radius 3 is 2.27 bits per heavy atom. The third-order valence-corrected chi connectivity index (χ3v) is 6.84. The maximum Gasteiger partial charge on any atom is 0.264 e. The van der Waals surface area contributed by atoms with Crippen molar-refractivity contribution in [3.05, 3.63) is 89.5 Å². The van der Waals surface area contributed by atoms with Crippen LogP contribution in [0.15, 0.2) is 77.7 Å². The van der Waals surface area contributed by atoms with Gasteiger partial charge in [0.1, 0.15) is 0 Å². The van der Waals surface area contributed by atoms with Crippen molar-refractivity contribution >= 4 is 27.3 Å². The maximum absolute atomic E-state index is 13.0. The summed E-state index contributed by atoms with van der Waals surface area (Å²) >= 11 is 0. The molecule has 1 N–H and O–H groups in total. The molecule has 30 heavy (non-hydrogen) atoms. The summed E-state index contributed by atoms with van der Waals surface area (Å²) in [4.78, 5) is 13.2. The minimum Gasteiger partial charge on any atom is -0.321 e. The fraction of sp³-hybridized carbons (Fsp3) is 0.208. The van der Waals surface area contributed by atoms with Crippen molar-refractivity contribution in [3.63, 3.8) is 0 Å². The van der Waals surface area contributed by atoms with Crippen LogP contribution in [0.2, 0.25) is 0 Å². The van der Waals surface area contributed by atoms with Crippen LogP contribution in [0.3, 0.4) is 0 Å². The number of nitrogens with one attached hydrogen (secondary N) is 1. The van der Waals surface area contributed by atoms with Gasteiger partial charge < -0.3 is 5.32 Å². The quantitative estimate of drug-likeness (QED) is 0.594. The van der Waals surface area contributed by atoms with Crippen LogP contribution < -0.4 is 9.62 Å². The van der Waals surface area contributed by atoms with Gasteiger partial charge in [-0.2, -0.15) is 0 Å². The van der Waals surface area contributed by atoms with Crippen LogP contribution >= 0.6 is 0 Å². The molecule has 5 nitrogen and oxygen atoms in total. The first-order chi connectivity index (χ1) is 14.2. The second-order valence-electron chi connectivity index (χ2n) is 7.48. The van der Waals surface area contributed by atoms with Gasteiger partial charge in [-0.15, -0.1) is 0 Å². The van der Waals surface area contributed by atoms with E-state index in [1.165, 1.54) is 11.4 Å². The first kappa shape index (κ1) is 21.6. The number of benzene rings is 3. The fourth-order valence-corrected chi connectivity index (χ4v) is 4.47. The van der Waals surface area contributed by atoms with E-state index < -0.39 is 10.0 Å². The predicted molar refractivity (Wildman–Crippen MR) is 122 cm³/mol. The summed E-state index contributed by atoms with van der Waals surface area (Å²) in [6, 6.07) is 20.8. The normalized spacial score (nSPS) is 11.4. The molecule has 0 fully saturated rings. The molecule has 0 atom stereocenters. The van der Waals surface area contributed by atoms with Crippen LogP contribution in [0.25, 0.3) is 0 Å². The second-order valence-corrected chi connectivity index (χ2v) is 9.45. The Morgan fingerprint density at radius 2 is 1.60 bits per heavy atom. The van der Waals surface area contributed by atoms with E-state index in [9.17, 15) is 13.2 Å². The zero-order valence-electron chi connectivity index (χ0n) is 17.6. The summed E-state index contributed by atoms with van der Waals surface area (Å²) in [5.41, 5.74) is 3.65. The summed E-state index contributed by atoms with van der Waals surface area (Å²) < 4.78 is 27.0. The van der Waals surface area contributed by atoms with Crippen molar-refractivity contribution in [1.82, 2.24) is 0 Å². The number of nitrogens with zero attached hydrogens (tertiary/aromatic N) is 1. The van der Waals surface area contributed by atoms with E-state index in [-0.39, 0.29) is 16.7 Å². The highest BCUT2D eigenvalue weighted by Gasteiger charge is 2.22. The van der Waals surface area contributed by atoms with E-state index >= 15 is 0 Å². The number of anilines is 2. The van der Waals surface area contributed by atoms with Gasteiger partial charge in [0.05, 0.1) is 10.6 Å². The zero-order chi connectivity index (χ0) is 21.9. The number of amides is 1. The van der Waals surface area contributed by atoms with Gasteiger partial charge >= 0.3 is 0 Å². The Balaban J connectivity index is 1.90. The molecule has 0 spiro atoms. The number of carbonyl (C=O) groups is 1. The van der Waals surface area contributed by atoms with Gasteiger partial charge in [-0.3, -0.25) is 9.10 Å². The van der Waals surface area contributed by atoms with E-state index in [0.717, 1.165) is 16.8 Å². The Bertz CT molecular complexity index is 1160. The molecule has 6 heteroatoms. The van der Waals surface area contributed by atoms with Gasteiger partial charge in [-0.1, -0.05) is 56.3 Å². The topological polar surface area (TPSA) is 66.5 Å². The highest BCUT2D eigenvalue weighted by molar-refractivity contribution is 7.92. The van der Waals surface area contributed by atoms with Gasteiger partial charge in [0.2, 0.25) is 0 Å². The van der Waals surface area contributed by atoms with E-state index in [1.807, 2.05) is 25.1 Å². The van der Waals surface area contributed by atoms with Crippen molar-refractivity contribution in [2.75, 3.05) is 16.7 Å². The molecule has 3 rings (SSSR count). The van der Waals surface area contributed by atoms with Crippen LogP contribution in [0.1, 0.15) is 41.3 Å². The zero-order valence-corrected chi connectivity index (χ0v) is 18.4. The number of carbonyl (C=O) groups excluding carboxylic acids is 1. The summed E-state index contributed by atoms with van der Waals surface area (Å²) in [5, 5.41) is 3.01. The monoisotopic (exact) mass is 422 g/mol. The van der Waals surface area contributed by atoms with Gasteiger partial charge in [0.25, 0.3) is 15.9 Å². The summed E-state index contributed by atoms with van der Waals surface area (Å²) in [5.74, 6) is -0.0211. The van der Waals surface area contributed by atoms with Crippen molar-refractivity contribution in [2.24, 2.45) is 0 Å². The molecule has 0 aromatic heterocycles. The predicted octanol–water partition coefficient (Wildman–Crippen LogP) is 5.20. The molecule has 0 aliphatic rings. The molecule has 3 aromatic rings. The fourth-order valence-electron chi connectivity index (χ4n) is 3.26. The number of hydrogen-bond acceptors (Lipinski definition) is 3. The first-order valence-electron chi connectivity index (χ1n) is 9.76. The molecule has 1 amide bonds. The van der Waals surface area contributed by atoms with Gasteiger partial charge in [0, 0.05) is 18.3 Å². The van der Waals surface area contributed by atoms with Gasteiger partial charge in [-0.05, 0) is 54.3 Å². The van der Waals surface area contributed by atoms with Crippen LogP contribution in [0.5, 0.6) is 0 Å². The molecule has 0 radical (unpaired) electrons. The lowest BCUT2D eigenvalue weighted by atomic mass is 9.98. The lowest BCUT2D eigenvalue weighted by Gasteiger charge is -2.20. The standard InChI is InChI=1S/C24H26N2O3S/c1-17(2)22-15-8-10-18(3)23(22)25-24(27)19-11-9-12-20(16-19)26(4)30(28,29)21-13-6-5-7-14-21/h5-17H,1-4H3,(H,25,27). The minimum absolute atomic E-state index is 0.198. The van der Waals surface area contributed by atoms with Gasteiger partial charge in [-0.25, -0.2) is 8.42 Å². The maximum atomic E-state index is 13.0. The van der Waals surface area contributed by atoms with E-state index in [0.29, 0.717) is 11.3 Å². The summed E-state index contributed by atoms with van der Waals surface area (Å²) in [6.45, 7) is 6.11. The van der Waals surface area contributed by atoms with Crippen molar-refractivity contribution < 1.29 is 13.2 Å². The largest absolute Gasteiger partial charge is 0.321 e. The molecule has 0 saturated heterocycles.